The van der Waals surface area contributed by atoms with E-state index >= 15 is 0 Å². The zero-order valence-corrected chi connectivity index (χ0v) is 15.6. The number of nitrogens with one attached hydrogen (secondary N) is 1. The van der Waals surface area contributed by atoms with Gasteiger partial charge in [-0.3, -0.25) is 4.79 Å². The largest absolute Gasteiger partial charge is 0.470 e. The van der Waals surface area contributed by atoms with Crippen molar-refractivity contribution in [2.45, 2.75) is 6.10 Å². The molecular weight excluding hydrogens is 374 g/mol. The van der Waals surface area contributed by atoms with Crippen molar-refractivity contribution in [1.29, 1.82) is 0 Å². The Kier molecular flexibility index (Phi) is 5.10. The molecule has 1 aromatic carbocycles. The van der Waals surface area contributed by atoms with Crippen LogP contribution in [0.5, 0.6) is 0 Å². The summed E-state index contributed by atoms with van der Waals surface area (Å²) in [6.07, 6.45) is -0.00799. The van der Waals surface area contributed by atoms with Crippen LogP contribution in [0.4, 0.5) is 11.4 Å². The number of carbonyl (C=O) groups excluding carboxylic acids is 1. The van der Waals surface area contributed by atoms with Crippen LogP contribution < -0.4 is 10.2 Å². The van der Waals surface area contributed by atoms with Gasteiger partial charge in [-0.2, -0.15) is 0 Å². The normalized spacial score (nSPS) is 20.0. The third kappa shape index (κ3) is 3.85. The Morgan fingerprint density at radius 1 is 1.27 bits per heavy atom. The standard InChI is InChI=1S/C18H18ClN3O3S/c19-16-6-5-15(26-16)18-21-10-14(25-18)9-20-12-1-3-13(4-2-12)22-7-8-24-11-17(22)23/h1-6,14,20H,7-11H2. The van der Waals surface area contributed by atoms with Crippen LogP contribution in [0.2, 0.25) is 4.34 Å². The third-order valence-corrected chi connectivity index (χ3v) is 5.42. The van der Waals surface area contributed by atoms with Crippen LogP contribution in [0.15, 0.2) is 41.4 Å². The number of carbonyl (C=O) groups is 1. The molecule has 0 radical (unpaired) electrons. The molecule has 0 spiro atoms. The minimum atomic E-state index is -0.00799. The van der Waals surface area contributed by atoms with Gasteiger partial charge in [0.2, 0.25) is 5.90 Å². The van der Waals surface area contributed by atoms with Gasteiger partial charge in [0.15, 0.2) is 0 Å². The van der Waals surface area contributed by atoms with Crippen molar-refractivity contribution in [2.24, 2.45) is 4.99 Å². The van der Waals surface area contributed by atoms with E-state index in [-0.39, 0.29) is 18.6 Å². The molecular formula is C18H18ClN3O3S. The van der Waals surface area contributed by atoms with E-state index < -0.39 is 0 Å². The zero-order valence-electron chi connectivity index (χ0n) is 14.0. The van der Waals surface area contributed by atoms with Gasteiger partial charge in [-0.1, -0.05) is 11.6 Å². The number of anilines is 2. The lowest BCUT2D eigenvalue weighted by Gasteiger charge is -2.27. The molecule has 8 heteroatoms. The van der Waals surface area contributed by atoms with E-state index in [4.69, 9.17) is 21.1 Å². The first-order chi connectivity index (χ1) is 12.7. The molecule has 0 aliphatic carbocycles. The average Bonchev–Trinajstić information content (AvgIpc) is 3.30. The van der Waals surface area contributed by atoms with Crippen LogP contribution in [0.25, 0.3) is 0 Å². The fourth-order valence-electron chi connectivity index (χ4n) is 2.87. The van der Waals surface area contributed by atoms with Crippen molar-refractivity contribution >= 4 is 46.1 Å². The van der Waals surface area contributed by atoms with Gasteiger partial charge in [-0.25, -0.2) is 4.99 Å². The van der Waals surface area contributed by atoms with Crippen molar-refractivity contribution in [3.63, 3.8) is 0 Å². The van der Waals surface area contributed by atoms with Crippen LogP contribution in [-0.4, -0.2) is 50.8 Å². The molecule has 136 valence electrons. The highest BCUT2D eigenvalue weighted by Crippen LogP contribution is 2.25. The van der Waals surface area contributed by atoms with E-state index in [1.165, 1.54) is 11.3 Å². The Balaban J connectivity index is 1.29. The monoisotopic (exact) mass is 391 g/mol. The number of rotatable bonds is 5. The lowest BCUT2D eigenvalue weighted by Crippen LogP contribution is -2.41. The molecule has 4 rings (SSSR count). The lowest BCUT2D eigenvalue weighted by molar-refractivity contribution is -0.125. The molecule has 1 unspecified atom stereocenters. The summed E-state index contributed by atoms with van der Waals surface area (Å²) in [5, 5.41) is 3.36. The van der Waals surface area contributed by atoms with E-state index in [9.17, 15) is 4.79 Å². The number of hydrogen-bond acceptors (Lipinski definition) is 6. The maximum Gasteiger partial charge on any atom is 0.253 e. The fraction of sp³-hybridized carbons (Fsp3) is 0.333. The zero-order chi connectivity index (χ0) is 17.9. The van der Waals surface area contributed by atoms with E-state index in [2.05, 4.69) is 10.3 Å². The topological polar surface area (TPSA) is 63.2 Å². The van der Waals surface area contributed by atoms with E-state index in [1.54, 1.807) is 4.90 Å². The molecule has 26 heavy (non-hydrogen) atoms. The summed E-state index contributed by atoms with van der Waals surface area (Å²) in [7, 11) is 0. The SMILES string of the molecule is O=C1COCCN1c1ccc(NCC2CN=C(c3ccc(Cl)s3)O2)cc1. The molecule has 0 saturated carbocycles. The van der Waals surface area contributed by atoms with Crippen molar-refractivity contribution in [2.75, 3.05) is 43.1 Å². The van der Waals surface area contributed by atoms with Gasteiger partial charge < -0.3 is 19.7 Å². The highest BCUT2D eigenvalue weighted by molar-refractivity contribution is 7.18. The molecule has 1 N–H and O–H groups in total. The van der Waals surface area contributed by atoms with Crippen LogP contribution >= 0.6 is 22.9 Å². The maximum absolute atomic E-state index is 11.9. The van der Waals surface area contributed by atoms with Gasteiger partial charge in [0.25, 0.3) is 5.91 Å². The highest BCUT2D eigenvalue weighted by Gasteiger charge is 2.22. The van der Waals surface area contributed by atoms with Gasteiger partial charge in [0, 0.05) is 17.9 Å². The summed E-state index contributed by atoms with van der Waals surface area (Å²) in [6.45, 7) is 2.59. The molecule has 1 amide bonds. The Bertz CT molecular complexity index is 821. The Morgan fingerprint density at radius 2 is 2.12 bits per heavy atom. The van der Waals surface area contributed by atoms with Gasteiger partial charge in [-0.05, 0) is 36.4 Å². The van der Waals surface area contributed by atoms with E-state index in [0.717, 1.165) is 20.6 Å². The number of halogens is 1. The van der Waals surface area contributed by atoms with E-state index in [0.29, 0.717) is 32.1 Å². The summed E-state index contributed by atoms with van der Waals surface area (Å²) in [5.41, 5.74) is 1.87. The Morgan fingerprint density at radius 3 is 2.85 bits per heavy atom. The second-order valence-electron chi connectivity index (χ2n) is 6.02. The first kappa shape index (κ1) is 17.3. The number of hydrogen-bond donors (Lipinski definition) is 1. The summed E-state index contributed by atoms with van der Waals surface area (Å²) in [6, 6.07) is 11.6. The molecule has 6 nitrogen and oxygen atoms in total. The van der Waals surface area contributed by atoms with Gasteiger partial charge in [0.05, 0.1) is 28.9 Å². The molecule has 1 aromatic heterocycles. The number of nitrogens with zero attached hydrogens (tertiary/aromatic N) is 2. The molecule has 0 bridgehead atoms. The molecule has 1 saturated heterocycles. The highest BCUT2D eigenvalue weighted by atomic mass is 35.5. The molecule has 2 aliphatic heterocycles. The van der Waals surface area contributed by atoms with Gasteiger partial charge >= 0.3 is 0 Å². The minimum Gasteiger partial charge on any atom is -0.470 e. The summed E-state index contributed by atoms with van der Waals surface area (Å²) < 4.78 is 11.8. The average molecular weight is 392 g/mol. The molecule has 2 aromatic rings. The number of thiophene rings is 1. The van der Waals surface area contributed by atoms with Gasteiger partial charge in [-0.15, -0.1) is 11.3 Å². The predicted molar refractivity (Wildman–Crippen MR) is 104 cm³/mol. The van der Waals surface area contributed by atoms with Crippen molar-refractivity contribution in [3.05, 3.63) is 45.6 Å². The molecule has 3 heterocycles. The van der Waals surface area contributed by atoms with Crippen molar-refractivity contribution in [3.8, 4) is 0 Å². The quantitative estimate of drug-likeness (QED) is 0.851. The maximum atomic E-state index is 11.9. The Hall–Kier alpha value is -2.09. The fourth-order valence-corrected chi connectivity index (χ4v) is 3.87. The molecule has 2 aliphatic rings. The summed E-state index contributed by atoms with van der Waals surface area (Å²) in [4.78, 5) is 19.0. The second kappa shape index (κ2) is 7.65. The smallest absolute Gasteiger partial charge is 0.253 e. The van der Waals surface area contributed by atoms with Crippen molar-refractivity contribution < 1.29 is 14.3 Å². The first-order valence-electron chi connectivity index (χ1n) is 8.38. The second-order valence-corrected chi connectivity index (χ2v) is 7.73. The van der Waals surface area contributed by atoms with Crippen LogP contribution in [0, 0.1) is 0 Å². The number of aliphatic imine (C=N–C) groups is 1. The van der Waals surface area contributed by atoms with Crippen LogP contribution in [0.1, 0.15) is 4.88 Å². The van der Waals surface area contributed by atoms with Crippen molar-refractivity contribution in [1.82, 2.24) is 0 Å². The first-order valence-corrected chi connectivity index (χ1v) is 9.57. The third-order valence-electron chi connectivity index (χ3n) is 4.20. The minimum absolute atomic E-state index is 0.00493. The number of benzene rings is 1. The Labute approximate surface area is 160 Å². The summed E-state index contributed by atoms with van der Waals surface area (Å²) in [5.74, 6) is 0.657. The molecule has 1 fully saturated rings. The number of morpholine rings is 1. The van der Waals surface area contributed by atoms with Crippen LogP contribution in [0.3, 0.4) is 0 Å². The van der Waals surface area contributed by atoms with E-state index in [1.807, 2.05) is 36.4 Å². The molecule has 1 atom stereocenters. The number of amides is 1. The number of ether oxygens (including phenoxy) is 2. The van der Waals surface area contributed by atoms with Crippen LogP contribution in [-0.2, 0) is 14.3 Å². The summed E-state index contributed by atoms with van der Waals surface area (Å²) >= 11 is 7.42. The van der Waals surface area contributed by atoms with Gasteiger partial charge in [0.1, 0.15) is 12.7 Å². The lowest BCUT2D eigenvalue weighted by atomic mass is 10.2. The predicted octanol–water partition coefficient (Wildman–Crippen LogP) is 3.02.